The van der Waals surface area contributed by atoms with Crippen molar-refractivity contribution in [2.75, 3.05) is 6.61 Å². The zero-order valence-electron chi connectivity index (χ0n) is 33.4. The van der Waals surface area contributed by atoms with Crippen LogP contribution in [0.15, 0.2) is 72.8 Å². The van der Waals surface area contributed by atoms with Crippen LogP contribution in [0.3, 0.4) is 0 Å². The van der Waals surface area contributed by atoms with Gasteiger partial charge in [0.2, 0.25) is 0 Å². The van der Waals surface area contributed by atoms with Gasteiger partial charge >= 0.3 is 59.6 Å². The van der Waals surface area contributed by atoms with Crippen molar-refractivity contribution < 1.29 is 94.5 Å². The molecule has 3 rings (SSSR count). The topological polar surface area (TPSA) is 78.9 Å². The highest BCUT2D eigenvalue weighted by molar-refractivity contribution is 5.91. The molecule has 0 heterocycles. The van der Waals surface area contributed by atoms with Gasteiger partial charge in [0.15, 0.2) is 0 Å². The number of hydrogen-bond acceptors (Lipinski definition) is 6. The summed E-state index contributed by atoms with van der Waals surface area (Å²) in [5.41, 5.74) is 2.86. The van der Waals surface area contributed by atoms with E-state index < -0.39 is 72.6 Å². The molecule has 3 aromatic carbocycles. The van der Waals surface area contributed by atoms with Crippen LogP contribution < -0.4 is 4.74 Å². The first-order valence-corrected chi connectivity index (χ1v) is 19.3. The molecule has 63 heavy (non-hydrogen) atoms. The Balaban J connectivity index is 1.43. The van der Waals surface area contributed by atoms with E-state index in [1.165, 1.54) is 12.1 Å². The van der Waals surface area contributed by atoms with Gasteiger partial charge in [-0.3, -0.25) is 0 Å². The Kier molecular flexibility index (Phi) is 17.2. The molecule has 0 aromatic heterocycles. The summed E-state index contributed by atoms with van der Waals surface area (Å²) in [5, 5.41) is 0. The number of esters is 3. The summed E-state index contributed by atoms with van der Waals surface area (Å²) in [6, 6.07) is 19.5. The Morgan fingerprint density at radius 2 is 0.984 bits per heavy atom. The second-order valence-corrected chi connectivity index (χ2v) is 14.5. The highest BCUT2D eigenvalue weighted by atomic mass is 19.4. The normalized spacial score (nSPS) is 13.7. The fourth-order valence-electron chi connectivity index (χ4n) is 5.79. The summed E-state index contributed by atoms with van der Waals surface area (Å²) >= 11 is 0. The second kappa shape index (κ2) is 20.7. The fourth-order valence-corrected chi connectivity index (χ4v) is 5.79. The van der Waals surface area contributed by atoms with Crippen molar-refractivity contribution in [1.82, 2.24) is 0 Å². The Labute approximate surface area is 351 Å². The average Bonchev–Trinajstić information content (AvgIpc) is 3.21. The molecule has 1 unspecified atom stereocenters. The Hall–Kier alpha value is -4.98. The molecule has 0 saturated carbocycles. The van der Waals surface area contributed by atoms with Crippen molar-refractivity contribution in [3.05, 3.63) is 89.5 Å². The number of halogens is 15. The predicted molar refractivity (Wildman–Crippen MR) is 196 cm³/mol. The van der Waals surface area contributed by atoms with Gasteiger partial charge in [0, 0.05) is 0 Å². The molecule has 0 N–H and O–H groups in total. The molecule has 0 spiro atoms. The van der Waals surface area contributed by atoms with Crippen LogP contribution in [-0.2, 0) is 20.7 Å². The van der Waals surface area contributed by atoms with Crippen LogP contribution in [0, 0.1) is 0 Å². The molecule has 350 valence electrons. The maximum Gasteiger partial charge on any atom is 0.460 e. The molecule has 0 bridgehead atoms. The first kappa shape index (κ1) is 52.4. The summed E-state index contributed by atoms with van der Waals surface area (Å²) in [7, 11) is 0. The molecular weight excluding hydrogens is 885 g/mol. The van der Waals surface area contributed by atoms with Gasteiger partial charge in [0.05, 0.1) is 23.8 Å². The number of aryl methyl sites for hydroxylation is 1. The van der Waals surface area contributed by atoms with E-state index in [-0.39, 0.29) is 30.3 Å². The van der Waals surface area contributed by atoms with Crippen LogP contribution in [0.2, 0.25) is 0 Å². The van der Waals surface area contributed by atoms with Gasteiger partial charge in [-0.05, 0) is 92.1 Å². The highest BCUT2D eigenvalue weighted by Crippen LogP contribution is 2.62. The molecule has 0 aliphatic heterocycles. The molecule has 0 radical (unpaired) electrons. The smallest absolute Gasteiger partial charge is 0.460 e. The number of carbonyl (C=O) groups excluding carboxylic acids is 3. The standard InChI is InChI=1S/C42H41F15O6/c1-3-4-5-8-11-26(2)62-33(58)31-19-17-28(18-20-31)29-21-23-32(24-22-29)63-34(59)30-15-13-27(14-16-30)12-9-6-7-10-25-61-35(60)36(43,44)37(45,46)38(47,48)39(49,50)40(51,52)41(53,54)42(55,56)57/h13-24,26H,3-12,25H2,1-2H3. The lowest BCUT2D eigenvalue weighted by molar-refractivity contribution is -0.450. The maximum atomic E-state index is 14.0. The van der Waals surface area contributed by atoms with E-state index in [4.69, 9.17) is 9.47 Å². The number of carbonyl (C=O) groups is 3. The van der Waals surface area contributed by atoms with Gasteiger partial charge in [-0.2, -0.15) is 65.9 Å². The lowest BCUT2D eigenvalue weighted by Gasteiger charge is -2.40. The first-order chi connectivity index (χ1) is 29.1. The summed E-state index contributed by atoms with van der Waals surface area (Å²) in [6.45, 7) is 2.74. The minimum atomic E-state index is -8.49. The van der Waals surface area contributed by atoms with Crippen molar-refractivity contribution in [2.45, 2.75) is 126 Å². The monoisotopic (exact) mass is 926 g/mol. The van der Waals surface area contributed by atoms with Crippen LogP contribution in [0.5, 0.6) is 5.75 Å². The zero-order valence-corrected chi connectivity index (χ0v) is 33.4. The third-order valence-electron chi connectivity index (χ3n) is 9.66. The van der Waals surface area contributed by atoms with Gasteiger partial charge in [0.25, 0.3) is 0 Å². The molecule has 0 aliphatic carbocycles. The quantitative estimate of drug-likeness (QED) is 0.0408. The van der Waals surface area contributed by atoms with Crippen molar-refractivity contribution in [3.8, 4) is 16.9 Å². The summed E-state index contributed by atoms with van der Waals surface area (Å²) < 4.78 is 215. The van der Waals surface area contributed by atoms with Gasteiger partial charge in [-0.25, -0.2) is 14.4 Å². The summed E-state index contributed by atoms with van der Waals surface area (Å²) in [5.74, 6) is -53.0. The molecule has 6 nitrogen and oxygen atoms in total. The molecule has 0 amide bonds. The van der Waals surface area contributed by atoms with Crippen LogP contribution in [0.25, 0.3) is 11.1 Å². The molecular formula is C42H41F15O6. The Morgan fingerprint density at radius 3 is 1.52 bits per heavy atom. The number of alkyl halides is 15. The zero-order chi connectivity index (χ0) is 47.7. The van der Waals surface area contributed by atoms with E-state index >= 15 is 0 Å². The number of hydrogen-bond donors (Lipinski definition) is 0. The predicted octanol–water partition coefficient (Wildman–Crippen LogP) is 13.1. The number of ether oxygens (including phenoxy) is 3. The Morgan fingerprint density at radius 1 is 0.524 bits per heavy atom. The largest absolute Gasteiger partial charge is 0.461 e. The summed E-state index contributed by atoms with van der Waals surface area (Å²) in [4.78, 5) is 36.7. The summed E-state index contributed by atoms with van der Waals surface area (Å²) in [6.07, 6.45) is -2.36. The van der Waals surface area contributed by atoms with E-state index in [0.29, 0.717) is 24.0 Å². The van der Waals surface area contributed by atoms with Crippen molar-refractivity contribution in [3.63, 3.8) is 0 Å². The van der Waals surface area contributed by atoms with Crippen molar-refractivity contribution >= 4 is 17.9 Å². The lowest BCUT2D eigenvalue weighted by atomic mass is 9.91. The third-order valence-corrected chi connectivity index (χ3v) is 9.66. The van der Waals surface area contributed by atoms with E-state index in [1.54, 1.807) is 60.7 Å². The van der Waals surface area contributed by atoms with E-state index in [0.717, 1.165) is 43.2 Å². The van der Waals surface area contributed by atoms with Crippen LogP contribution in [0.1, 0.15) is 97.9 Å². The molecule has 1 atom stereocenters. The van der Waals surface area contributed by atoms with E-state index in [1.807, 2.05) is 6.92 Å². The van der Waals surface area contributed by atoms with E-state index in [2.05, 4.69) is 11.7 Å². The minimum absolute atomic E-state index is 0.00991. The first-order valence-electron chi connectivity index (χ1n) is 19.3. The molecule has 0 fully saturated rings. The van der Waals surface area contributed by atoms with Gasteiger partial charge in [0.1, 0.15) is 5.75 Å². The Bertz CT molecular complexity index is 1970. The maximum absolute atomic E-state index is 14.0. The van der Waals surface area contributed by atoms with Crippen LogP contribution >= 0.6 is 0 Å². The van der Waals surface area contributed by atoms with Crippen molar-refractivity contribution in [1.29, 1.82) is 0 Å². The van der Waals surface area contributed by atoms with E-state index in [9.17, 15) is 80.2 Å². The van der Waals surface area contributed by atoms with Gasteiger partial charge < -0.3 is 14.2 Å². The molecule has 0 aliphatic rings. The number of benzene rings is 3. The molecule has 21 heteroatoms. The fraction of sp³-hybridized carbons (Fsp3) is 0.500. The second-order valence-electron chi connectivity index (χ2n) is 14.5. The van der Waals surface area contributed by atoms with Gasteiger partial charge in [-0.1, -0.05) is 75.4 Å². The van der Waals surface area contributed by atoms with Crippen LogP contribution in [-0.4, -0.2) is 72.3 Å². The molecule has 3 aromatic rings. The lowest BCUT2D eigenvalue weighted by Crippen LogP contribution is -2.73. The van der Waals surface area contributed by atoms with Crippen LogP contribution in [0.4, 0.5) is 65.9 Å². The number of unbranched alkanes of at least 4 members (excludes halogenated alkanes) is 6. The molecule has 0 saturated heterocycles. The average molecular weight is 927 g/mol. The van der Waals surface area contributed by atoms with Gasteiger partial charge in [-0.15, -0.1) is 0 Å². The minimum Gasteiger partial charge on any atom is -0.461 e. The number of rotatable bonds is 23. The SMILES string of the molecule is CCCCCCC(C)OC(=O)c1ccc(-c2ccc(OC(=O)c3ccc(CCCCCCOC(=O)C(F)(F)C(F)(F)C(F)(F)C(F)(F)C(F)(F)C(F)(F)C(F)(F)F)cc3)cc2)cc1. The highest BCUT2D eigenvalue weighted by Gasteiger charge is 2.94. The van der Waals surface area contributed by atoms with Crippen molar-refractivity contribution in [2.24, 2.45) is 0 Å². The third kappa shape index (κ3) is 11.8.